The number of hydroxylamine groups is 2. The third kappa shape index (κ3) is 5.29. The van der Waals surface area contributed by atoms with Crippen LogP contribution in [0.3, 0.4) is 0 Å². The zero-order chi connectivity index (χ0) is 25.7. The number of hydrogen-bond acceptors (Lipinski definition) is 9. The van der Waals surface area contributed by atoms with E-state index in [1.165, 1.54) is 14.7 Å². The summed E-state index contributed by atoms with van der Waals surface area (Å²) in [7, 11) is 0. The predicted molar refractivity (Wildman–Crippen MR) is 119 cm³/mol. The average molecular weight is 495 g/mol. The van der Waals surface area contributed by atoms with Crippen molar-refractivity contribution in [2.45, 2.75) is 83.7 Å². The number of carbonyl (C=O) groups excluding carboxylic acids is 3. The summed E-state index contributed by atoms with van der Waals surface area (Å²) >= 11 is 0. The van der Waals surface area contributed by atoms with Crippen LogP contribution in [0.4, 0.5) is 14.4 Å². The molecule has 4 rings (SSSR count). The van der Waals surface area contributed by atoms with Crippen LogP contribution in [0.25, 0.3) is 0 Å². The normalized spacial score (nSPS) is 25.2. The van der Waals surface area contributed by atoms with Crippen molar-refractivity contribution in [3.8, 4) is 0 Å². The Labute approximate surface area is 203 Å². The van der Waals surface area contributed by atoms with Crippen LogP contribution < -0.4 is 0 Å². The van der Waals surface area contributed by atoms with Crippen LogP contribution in [0.2, 0.25) is 0 Å². The van der Waals surface area contributed by atoms with Crippen LogP contribution >= 0.6 is 0 Å². The number of aromatic nitrogens is 2. The van der Waals surface area contributed by atoms with E-state index >= 15 is 0 Å². The molecule has 0 aromatic carbocycles. The van der Waals surface area contributed by atoms with Crippen LogP contribution in [-0.4, -0.2) is 96.8 Å². The summed E-state index contributed by atoms with van der Waals surface area (Å²) in [4.78, 5) is 42.6. The lowest BCUT2D eigenvalue weighted by Crippen LogP contribution is -2.54. The van der Waals surface area contributed by atoms with E-state index in [1.807, 2.05) is 0 Å². The molecule has 0 unspecified atom stereocenters. The van der Waals surface area contributed by atoms with E-state index in [1.54, 1.807) is 41.5 Å². The zero-order valence-corrected chi connectivity index (χ0v) is 21.1. The lowest BCUT2D eigenvalue weighted by Gasteiger charge is -2.40. The fourth-order valence-electron chi connectivity index (χ4n) is 4.45. The van der Waals surface area contributed by atoms with Gasteiger partial charge in [0.2, 0.25) is 11.8 Å². The second kappa shape index (κ2) is 8.85. The van der Waals surface area contributed by atoms with E-state index in [-0.39, 0.29) is 37.5 Å². The van der Waals surface area contributed by atoms with Gasteiger partial charge in [-0.2, -0.15) is 0 Å². The standard InChI is InChI=1S/C22H34N6O7/c1-21(2,3)34-19(30)25-9-10-26(20(31)35-22(4,5)6)15(12-25)17-24-23-16(33-17)14-8-7-13-11-27(14)18(29)28(13)32/h13-15,32H,7-12H2,1-6H3/t13-,14-,15+/m0/s1. The van der Waals surface area contributed by atoms with Crippen molar-refractivity contribution in [1.29, 1.82) is 0 Å². The minimum atomic E-state index is -0.757. The minimum absolute atomic E-state index is 0.0790. The zero-order valence-electron chi connectivity index (χ0n) is 21.1. The molecule has 35 heavy (non-hydrogen) atoms. The van der Waals surface area contributed by atoms with Crippen LogP contribution in [0.15, 0.2) is 4.42 Å². The lowest BCUT2D eigenvalue weighted by molar-refractivity contribution is -0.0584. The van der Waals surface area contributed by atoms with Gasteiger partial charge in [-0.1, -0.05) is 0 Å². The smallest absolute Gasteiger partial charge is 0.411 e. The first-order valence-electron chi connectivity index (χ1n) is 11.8. The molecular formula is C22H34N6O7. The number of rotatable bonds is 2. The Kier molecular flexibility index (Phi) is 6.32. The molecule has 3 fully saturated rings. The van der Waals surface area contributed by atoms with Gasteiger partial charge in [0.05, 0.1) is 12.6 Å². The van der Waals surface area contributed by atoms with Gasteiger partial charge in [-0.25, -0.2) is 19.4 Å². The fourth-order valence-corrected chi connectivity index (χ4v) is 4.45. The second-order valence-electron chi connectivity index (χ2n) is 11.1. The Balaban J connectivity index is 1.57. The Bertz CT molecular complexity index is 984. The maximum atomic E-state index is 13.0. The monoisotopic (exact) mass is 494 g/mol. The van der Waals surface area contributed by atoms with E-state index < -0.39 is 41.5 Å². The number of ether oxygens (including phenoxy) is 2. The summed E-state index contributed by atoms with van der Waals surface area (Å²) in [6.45, 7) is 11.6. The molecule has 13 heteroatoms. The third-order valence-corrected chi connectivity index (χ3v) is 6.03. The molecule has 1 aromatic rings. The molecule has 3 atom stereocenters. The van der Waals surface area contributed by atoms with Crippen molar-refractivity contribution in [2.24, 2.45) is 0 Å². The summed E-state index contributed by atoms with van der Waals surface area (Å²) in [5.41, 5.74) is -1.39. The molecule has 4 heterocycles. The van der Waals surface area contributed by atoms with E-state index in [4.69, 9.17) is 13.9 Å². The first-order valence-corrected chi connectivity index (χ1v) is 11.8. The lowest BCUT2D eigenvalue weighted by atomic mass is 10.0. The number of carbonyl (C=O) groups is 3. The number of urea groups is 1. The number of piperazine rings is 1. The molecule has 0 saturated carbocycles. The third-order valence-electron chi connectivity index (χ3n) is 6.03. The summed E-state index contributed by atoms with van der Waals surface area (Å²) in [6, 6.07) is -1.98. The van der Waals surface area contributed by atoms with Crippen molar-refractivity contribution in [1.82, 2.24) is 30.0 Å². The van der Waals surface area contributed by atoms with Crippen molar-refractivity contribution in [3.05, 3.63) is 11.8 Å². The van der Waals surface area contributed by atoms with Crippen LogP contribution in [-0.2, 0) is 9.47 Å². The molecule has 13 nitrogen and oxygen atoms in total. The molecule has 1 aromatic heterocycles. The minimum Gasteiger partial charge on any atom is -0.444 e. The molecule has 0 spiro atoms. The highest BCUT2D eigenvalue weighted by atomic mass is 16.6. The number of piperidine rings is 1. The van der Waals surface area contributed by atoms with Gasteiger partial charge >= 0.3 is 18.2 Å². The van der Waals surface area contributed by atoms with Gasteiger partial charge in [-0.3, -0.25) is 10.1 Å². The van der Waals surface area contributed by atoms with Crippen molar-refractivity contribution in [3.63, 3.8) is 0 Å². The number of nitrogens with zero attached hydrogens (tertiary/aromatic N) is 6. The van der Waals surface area contributed by atoms with Crippen molar-refractivity contribution in [2.75, 3.05) is 26.2 Å². The number of hydrogen-bond donors (Lipinski definition) is 1. The molecule has 3 aliphatic rings. The van der Waals surface area contributed by atoms with Gasteiger partial charge in [0.25, 0.3) is 0 Å². The fraction of sp³-hybridized carbons (Fsp3) is 0.773. The number of amides is 4. The van der Waals surface area contributed by atoms with E-state index in [0.29, 0.717) is 19.4 Å². The van der Waals surface area contributed by atoms with Gasteiger partial charge in [-0.05, 0) is 54.4 Å². The summed E-state index contributed by atoms with van der Waals surface area (Å²) in [5, 5.41) is 19.1. The SMILES string of the molecule is CC(C)(C)OC(=O)N1CCN(C(=O)OC(C)(C)C)[C@@H](c2nnc([C@@H]3CC[C@H]4CN3C(=O)N4O)o2)C1. The Hall–Kier alpha value is -3.09. The van der Waals surface area contributed by atoms with Gasteiger partial charge in [0.1, 0.15) is 23.3 Å². The molecule has 3 saturated heterocycles. The van der Waals surface area contributed by atoms with Gasteiger partial charge in [0, 0.05) is 19.6 Å². The second-order valence-corrected chi connectivity index (χ2v) is 11.1. The highest BCUT2D eigenvalue weighted by Gasteiger charge is 2.47. The Morgan fingerprint density at radius 3 is 2.14 bits per heavy atom. The van der Waals surface area contributed by atoms with Gasteiger partial charge < -0.3 is 23.7 Å². The predicted octanol–water partition coefficient (Wildman–Crippen LogP) is 2.93. The summed E-state index contributed by atoms with van der Waals surface area (Å²) in [6.07, 6.45) is 0.0907. The maximum absolute atomic E-state index is 13.0. The highest BCUT2D eigenvalue weighted by molar-refractivity contribution is 5.76. The van der Waals surface area contributed by atoms with E-state index in [2.05, 4.69) is 10.2 Å². The van der Waals surface area contributed by atoms with E-state index in [9.17, 15) is 19.6 Å². The Morgan fingerprint density at radius 2 is 1.51 bits per heavy atom. The quantitative estimate of drug-likeness (QED) is 0.614. The molecule has 3 aliphatic heterocycles. The topological polar surface area (TPSA) is 142 Å². The Morgan fingerprint density at radius 1 is 0.914 bits per heavy atom. The largest absolute Gasteiger partial charge is 0.444 e. The summed E-state index contributed by atoms with van der Waals surface area (Å²) < 4.78 is 17.1. The molecule has 4 amide bonds. The first-order chi connectivity index (χ1) is 16.2. The van der Waals surface area contributed by atoms with Gasteiger partial charge in [0.15, 0.2) is 0 Å². The van der Waals surface area contributed by atoms with Gasteiger partial charge in [-0.15, -0.1) is 10.2 Å². The van der Waals surface area contributed by atoms with Crippen LogP contribution in [0, 0.1) is 0 Å². The summed E-state index contributed by atoms with van der Waals surface area (Å²) in [5.74, 6) is 0.356. The van der Waals surface area contributed by atoms with Crippen LogP contribution in [0.1, 0.15) is 78.2 Å². The molecular weight excluding hydrogens is 460 g/mol. The van der Waals surface area contributed by atoms with Crippen molar-refractivity contribution < 1.29 is 33.5 Å². The number of fused-ring (bicyclic) bond motifs is 2. The first kappa shape index (κ1) is 25.0. The van der Waals surface area contributed by atoms with Crippen molar-refractivity contribution >= 4 is 18.2 Å². The molecule has 194 valence electrons. The highest BCUT2D eigenvalue weighted by Crippen LogP contribution is 2.38. The molecule has 0 radical (unpaired) electrons. The molecule has 2 bridgehead atoms. The molecule has 1 N–H and O–H groups in total. The maximum Gasteiger partial charge on any atom is 0.411 e. The molecule has 0 aliphatic carbocycles. The van der Waals surface area contributed by atoms with Crippen LogP contribution in [0.5, 0.6) is 0 Å². The average Bonchev–Trinajstić information content (AvgIpc) is 3.32. The van der Waals surface area contributed by atoms with E-state index in [0.717, 1.165) is 5.06 Å².